The number of carbonyl (C=O) groups is 4. The maximum absolute atomic E-state index is 12.4. The summed E-state index contributed by atoms with van der Waals surface area (Å²) < 4.78 is 21.3. The summed E-state index contributed by atoms with van der Waals surface area (Å²) in [6.45, 7) is 7.42. The summed E-state index contributed by atoms with van der Waals surface area (Å²) in [5.41, 5.74) is -0.749. The minimum Gasteiger partial charge on any atom is -0.494 e. The molecule has 0 saturated carbocycles. The van der Waals surface area contributed by atoms with Gasteiger partial charge >= 0.3 is 18.2 Å². The molecule has 0 bridgehead atoms. The number of ether oxygens (including phenoxy) is 4. The number of hydrogen-bond donors (Lipinski definition) is 2. The van der Waals surface area contributed by atoms with Crippen LogP contribution in [0, 0.1) is 5.92 Å². The van der Waals surface area contributed by atoms with Gasteiger partial charge in [0.1, 0.15) is 23.5 Å². The molecule has 1 fully saturated rings. The molecule has 43 heavy (non-hydrogen) atoms. The van der Waals surface area contributed by atoms with Crippen LogP contribution >= 0.6 is 11.6 Å². The lowest BCUT2D eigenvalue weighted by Crippen LogP contribution is -2.53. The number of carbonyl (C=O) groups excluding carboxylic acids is 4. The maximum atomic E-state index is 12.4. The number of methoxy groups -OCH3 is 1. The monoisotopic (exact) mass is 617 g/mol. The number of alkyl halides is 1. The van der Waals surface area contributed by atoms with Gasteiger partial charge in [-0.2, -0.15) is 0 Å². The van der Waals surface area contributed by atoms with Crippen molar-refractivity contribution in [2.24, 2.45) is 5.92 Å². The van der Waals surface area contributed by atoms with E-state index in [0.29, 0.717) is 42.5 Å². The van der Waals surface area contributed by atoms with Gasteiger partial charge in [0.05, 0.1) is 13.7 Å². The van der Waals surface area contributed by atoms with Gasteiger partial charge in [0, 0.05) is 18.7 Å². The van der Waals surface area contributed by atoms with Crippen LogP contribution in [0.5, 0.6) is 5.75 Å². The van der Waals surface area contributed by atoms with Gasteiger partial charge in [-0.05, 0) is 75.8 Å². The van der Waals surface area contributed by atoms with Gasteiger partial charge in [0.25, 0.3) is 5.91 Å². The molecule has 12 heteroatoms. The average molecular weight is 618 g/mol. The third kappa shape index (κ3) is 11.3. The molecule has 11 nitrogen and oxygen atoms in total. The van der Waals surface area contributed by atoms with Crippen LogP contribution in [0.2, 0.25) is 0 Å². The molecule has 2 aromatic rings. The topological polar surface area (TPSA) is 132 Å². The summed E-state index contributed by atoms with van der Waals surface area (Å²) >= 11 is 6.24. The molecule has 0 aromatic heterocycles. The van der Waals surface area contributed by atoms with Crippen LogP contribution in [0.25, 0.3) is 0 Å². The molecule has 0 spiro atoms. The Balaban J connectivity index is 1.38. The Hall–Kier alpha value is -3.99. The number of alkyl carbamates (subject to hydrolysis) is 1. The molecule has 1 unspecified atom stereocenters. The number of piperidine rings is 1. The number of halogens is 1. The zero-order valence-electron chi connectivity index (χ0n) is 25.0. The smallest absolute Gasteiger partial charge is 0.410 e. The second-order valence-electron chi connectivity index (χ2n) is 11.2. The highest BCUT2D eigenvalue weighted by molar-refractivity contribution is 6.23. The summed E-state index contributed by atoms with van der Waals surface area (Å²) in [5, 5.41) is 4.82. The van der Waals surface area contributed by atoms with Gasteiger partial charge in [-0.15, -0.1) is 0 Å². The fraction of sp³-hybridized carbons (Fsp3) is 0.484. The Morgan fingerprint density at radius 2 is 1.63 bits per heavy atom. The van der Waals surface area contributed by atoms with E-state index in [0.717, 1.165) is 26.4 Å². The fourth-order valence-corrected chi connectivity index (χ4v) is 4.60. The van der Waals surface area contributed by atoms with Gasteiger partial charge in [-0.3, -0.25) is 4.79 Å². The van der Waals surface area contributed by atoms with Crippen LogP contribution in [-0.4, -0.2) is 72.9 Å². The molecule has 3 amide bonds. The molecule has 0 radical (unpaired) electrons. The first-order valence-electron chi connectivity index (χ1n) is 14.2. The highest BCUT2D eigenvalue weighted by Crippen LogP contribution is 2.23. The Bertz CT molecular complexity index is 1210. The van der Waals surface area contributed by atoms with Crippen molar-refractivity contribution in [3.63, 3.8) is 0 Å². The van der Waals surface area contributed by atoms with E-state index in [9.17, 15) is 19.2 Å². The van der Waals surface area contributed by atoms with Crippen LogP contribution in [0.15, 0.2) is 54.6 Å². The molecular formula is C31H40ClN3O8. The third-order valence-corrected chi connectivity index (χ3v) is 7.04. The summed E-state index contributed by atoms with van der Waals surface area (Å²) in [6.07, 6.45) is 1.52. The lowest BCUT2D eigenvalue weighted by molar-refractivity contribution is -0.143. The summed E-state index contributed by atoms with van der Waals surface area (Å²) in [7, 11) is 1.14. The van der Waals surface area contributed by atoms with Gasteiger partial charge in [0.15, 0.2) is 6.04 Å². The first-order chi connectivity index (χ1) is 20.4. The van der Waals surface area contributed by atoms with Gasteiger partial charge in [0.2, 0.25) is 0 Å². The largest absolute Gasteiger partial charge is 0.494 e. The molecule has 2 atom stereocenters. The molecule has 0 aliphatic carbocycles. The minimum atomic E-state index is -1.38. The van der Waals surface area contributed by atoms with Crippen molar-refractivity contribution < 1.29 is 38.1 Å². The lowest BCUT2D eigenvalue weighted by atomic mass is 9.94. The van der Waals surface area contributed by atoms with Crippen molar-refractivity contribution in [1.82, 2.24) is 15.5 Å². The maximum Gasteiger partial charge on any atom is 0.410 e. The summed E-state index contributed by atoms with van der Waals surface area (Å²) in [5.74, 6) is -0.210. The van der Waals surface area contributed by atoms with E-state index in [1.165, 1.54) is 0 Å². The molecule has 234 valence electrons. The van der Waals surface area contributed by atoms with Crippen molar-refractivity contribution in [1.29, 1.82) is 0 Å². The number of nitrogens with zero attached hydrogens (tertiary/aromatic N) is 1. The molecule has 2 aromatic carbocycles. The molecular weight excluding hydrogens is 578 g/mol. The Labute approximate surface area is 257 Å². The molecule has 2 N–H and O–H groups in total. The predicted molar refractivity (Wildman–Crippen MR) is 160 cm³/mol. The zero-order valence-corrected chi connectivity index (χ0v) is 25.7. The van der Waals surface area contributed by atoms with Gasteiger partial charge in [-0.1, -0.05) is 41.9 Å². The Morgan fingerprint density at radius 1 is 0.977 bits per heavy atom. The number of likely N-dealkylation sites (tertiary alicyclic amines) is 1. The summed E-state index contributed by atoms with van der Waals surface area (Å²) in [4.78, 5) is 51.0. The first kappa shape index (κ1) is 33.5. The van der Waals surface area contributed by atoms with E-state index in [1.807, 2.05) is 20.8 Å². The molecule has 1 aliphatic rings. The van der Waals surface area contributed by atoms with E-state index < -0.39 is 35.1 Å². The van der Waals surface area contributed by atoms with E-state index >= 15 is 0 Å². The Morgan fingerprint density at radius 3 is 2.23 bits per heavy atom. The van der Waals surface area contributed by atoms with Gasteiger partial charge in [-0.25, -0.2) is 14.4 Å². The SMILES string of the molecule is COC(=O)[C@H](NC(=O)OCc1ccc(OCCC2CCN(C(=O)OC(C)(C)C)CC2)cc1)C(Cl)NC(=O)c1ccccc1. The highest BCUT2D eigenvalue weighted by atomic mass is 35.5. The highest BCUT2D eigenvalue weighted by Gasteiger charge is 2.32. The fourth-order valence-electron chi connectivity index (χ4n) is 4.33. The predicted octanol–water partition coefficient (Wildman–Crippen LogP) is 4.87. The van der Waals surface area contributed by atoms with E-state index in [1.54, 1.807) is 59.5 Å². The minimum absolute atomic E-state index is 0.0699. The average Bonchev–Trinajstić information content (AvgIpc) is 2.99. The zero-order chi connectivity index (χ0) is 31.4. The van der Waals surface area contributed by atoms with E-state index in [2.05, 4.69) is 10.6 Å². The number of nitrogens with one attached hydrogen (secondary N) is 2. The molecule has 3 rings (SSSR count). The van der Waals surface area contributed by atoms with Crippen LogP contribution < -0.4 is 15.4 Å². The number of amides is 3. The van der Waals surface area contributed by atoms with Crippen molar-refractivity contribution in [3.8, 4) is 5.75 Å². The van der Waals surface area contributed by atoms with Crippen molar-refractivity contribution in [2.45, 2.75) is 63.8 Å². The third-order valence-electron chi connectivity index (χ3n) is 6.68. The van der Waals surface area contributed by atoms with Crippen LogP contribution in [0.1, 0.15) is 56.0 Å². The van der Waals surface area contributed by atoms with E-state index in [-0.39, 0.29) is 12.7 Å². The lowest BCUT2D eigenvalue weighted by Gasteiger charge is -2.33. The van der Waals surface area contributed by atoms with Crippen molar-refractivity contribution in [2.75, 3.05) is 26.8 Å². The second kappa shape index (κ2) is 16.0. The number of hydrogen-bond acceptors (Lipinski definition) is 8. The number of esters is 1. The van der Waals surface area contributed by atoms with Crippen molar-refractivity contribution >= 4 is 35.7 Å². The first-order valence-corrected chi connectivity index (χ1v) is 14.6. The van der Waals surface area contributed by atoms with E-state index in [4.69, 9.17) is 30.5 Å². The molecule has 1 aliphatic heterocycles. The molecule has 1 saturated heterocycles. The van der Waals surface area contributed by atoms with Crippen LogP contribution in [0.3, 0.4) is 0 Å². The number of benzene rings is 2. The number of rotatable bonds is 11. The quantitative estimate of drug-likeness (QED) is 0.158. The summed E-state index contributed by atoms with van der Waals surface area (Å²) in [6, 6.07) is 14.0. The standard InChI is InChI=1S/C31H40ClN3O8/c1-31(2,3)43-30(39)35-17-14-21(15-18-35)16-19-41-24-12-10-22(11-13-24)20-42-29(38)33-25(28(37)40-4)26(32)34-27(36)23-8-6-5-7-9-23/h5-13,21,25-26H,14-20H2,1-4H3,(H,33,38)(H,34,36)/t25-,26?/m1/s1. The molecule has 1 heterocycles. The van der Waals surface area contributed by atoms with Crippen LogP contribution in [0.4, 0.5) is 9.59 Å². The normalized spacial score (nSPS) is 15.0. The van der Waals surface area contributed by atoms with Gasteiger partial charge < -0.3 is 34.5 Å². The Kier molecular flexibility index (Phi) is 12.5. The van der Waals surface area contributed by atoms with Crippen molar-refractivity contribution in [3.05, 3.63) is 65.7 Å². The van der Waals surface area contributed by atoms with Crippen LogP contribution in [-0.2, 0) is 25.6 Å². The second-order valence-corrected chi connectivity index (χ2v) is 11.6.